The van der Waals surface area contributed by atoms with Crippen LogP contribution in [0.1, 0.15) is 48.7 Å². The minimum atomic E-state index is -5.05. The van der Waals surface area contributed by atoms with Gasteiger partial charge in [0.2, 0.25) is 12.6 Å². The number of hydrogen-bond acceptors (Lipinski definition) is 5. The molecule has 248 valence electrons. The number of likely N-dealkylation sites (N-methyl/N-ethyl adjacent to an activating group) is 1. The Kier molecular flexibility index (Phi) is 9.89. The molecule has 0 bridgehead atoms. The third kappa shape index (κ3) is 7.69. The van der Waals surface area contributed by atoms with Crippen LogP contribution in [0, 0.1) is 6.92 Å². The Morgan fingerprint density at radius 3 is 2.02 bits per heavy atom. The predicted octanol–water partition coefficient (Wildman–Crippen LogP) is 6.48. The highest BCUT2D eigenvalue weighted by Crippen LogP contribution is 2.40. The van der Waals surface area contributed by atoms with Crippen molar-refractivity contribution in [2.45, 2.75) is 52.0 Å². The van der Waals surface area contributed by atoms with Gasteiger partial charge >= 0.3 is 18.3 Å². The van der Waals surface area contributed by atoms with Gasteiger partial charge in [0.05, 0.1) is 41.5 Å². The number of aryl methyl sites for hydroxylation is 1. The average Bonchev–Trinajstić information content (AvgIpc) is 2.99. The molecule has 0 spiro atoms. The highest BCUT2D eigenvalue weighted by molar-refractivity contribution is 6.00. The number of nitrogens with one attached hydrogen (secondary N) is 1. The number of rotatable bonds is 8. The van der Waals surface area contributed by atoms with E-state index < -0.39 is 46.3 Å². The first-order valence-electron chi connectivity index (χ1n) is 14.7. The van der Waals surface area contributed by atoms with Gasteiger partial charge in [-0.05, 0) is 61.7 Å². The number of benzene rings is 2. The number of ether oxygens (including phenoxy) is 1. The molecular formula is C33H37F6N4O3+. The molecule has 13 heteroatoms. The molecule has 0 atom stereocenters. The third-order valence-corrected chi connectivity index (χ3v) is 8.48. The molecule has 1 aromatic heterocycles. The van der Waals surface area contributed by atoms with E-state index in [0.29, 0.717) is 66.3 Å². The first-order chi connectivity index (χ1) is 21.3. The number of aromatic nitrogens is 1. The van der Waals surface area contributed by atoms with Crippen LogP contribution in [0.2, 0.25) is 0 Å². The van der Waals surface area contributed by atoms with Gasteiger partial charge in [-0.15, -0.1) is 0 Å². The Morgan fingerprint density at radius 1 is 0.913 bits per heavy atom. The summed E-state index contributed by atoms with van der Waals surface area (Å²) in [4.78, 5) is 31.5. The molecule has 4 rings (SSSR count). The topological polar surface area (TPSA) is 71.5 Å². The highest BCUT2D eigenvalue weighted by Gasteiger charge is 2.41. The summed E-state index contributed by atoms with van der Waals surface area (Å²) in [5, 5.41) is 3.31. The molecule has 0 unspecified atom stereocenters. The maximum absolute atomic E-state index is 13.9. The van der Waals surface area contributed by atoms with E-state index >= 15 is 0 Å². The number of carbonyl (C=O) groups is 2. The van der Waals surface area contributed by atoms with Crippen molar-refractivity contribution < 1.29 is 45.2 Å². The van der Waals surface area contributed by atoms with E-state index in [0.717, 1.165) is 11.1 Å². The number of esters is 1. The van der Waals surface area contributed by atoms with Crippen LogP contribution in [-0.4, -0.2) is 61.3 Å². The highest BCUT2D eigenvalue weighted by atomic mass is 19.4. The second-order valence-electron chi connectivity index (χ2n) is 12.2. The van der Waals surface area contributed by atoms with Crippen LogP contribution in [0.4, 0.5) is 32.0 Å². The van der Waals surface area contributed by atoms with Crippen LogP contribution in [0.25, 0.3) is 11.1 Å². The molecule has 1 aliphatic heterocycles. The van der Waals surface area contributed by atoms with E-state index in [1.54, 1.807) is 6.07 Å². The molecule has 1 fully saturated rings. The Bertz CT molecular complexity index is 1560. The number of quaternary nitrogens is 1. The van der Waals surface area contributed by atoms with Crippen molar-refractivity contribution in [3.63, 3.8) is 0 Å². The van der Waals surface area contributed by atoms with Gasteiger partial charge in [0.15, 0.2) is 0 Å². The van der Waals surface area contributed by atoms with Crippen LogP contribution in [-0.2, 0) is 38.6 Å². The second kappa shape index (κ2) is 13.0. The van der Waals surface area contributed by atoms with Crippen molar-refractivity contribution in [1.29, 1.82) is 0 Å². The summed E-state index contributed by atoms with van der Waals surface area (Å²) in [5.74, 6) is -1.13. The van der Waals surface area contributed by atoms with Crippen LogP contribution in [0.5, 0.6) is 0 Å². The van der Waals surface area contributed by atoms with Crippen molar-refractivity contribution in [3.8, 4) is 11.1 Å². The number of anilines is 1. The van der Waals surface area contributed by atoms with E-state index in [2.05, 4.69) is 5.32 Å². The number of carbonyl (C=O) groups excluding carboxylic acids is 2. The maximum Gasteiger partial charge on any atom is 0.416 e. The Hall–Kier alpha value is -3.97. The Morgan fingerprint density at radius 2 is 1.48 bits per heavy atom. The van der Waals surface area contributed by atoms with E-state index in [1.807, 2.05) is 31.2 Å². The van der Waals surface area contributed by atoms with Gasteiger partial charge in [0.25, 0.3) is 0 Å². The lowest BCUT2D eigenvalue weighted by Gasteiger charge is -2.40. The summed E-state index contributed by atoms with van der Waals surface area (Å²) >= 11 is 0. The smallest absolute Gasteiger partial charge is 0.415 e. The Labute approximate surface area is 263 Å². The molecule has 0 radical (unpaired) electrons. The lowest BCUT2D eigenvalue weighted by molar-refractivity contribution is -0.957. The minimum Gasteiger partial charge on any atom is -0.415 e. The fourth-order valence-electron chi connectivity index (χ4n) is 5.62. The zero-order valence-electron chi connectivity index (χ0n) is 26.3. The summed E-state index contributed by atoms with van der Waals surface area (Å²) in [6.07, 6.45) is -8.64. The molecule has 7 nitrogen and oxygen atoms in total. The molecule has 46 heavy (non-hydrogen) atoms. The summed E-state index contributed by atoms with van der Waals surface area (Å²) in [5.41, 5.74) is -1.75. The monoisotopic (exact) mass is 651 g/mol. The summed E-state index contributed by atoms with van der Waals surface area (Å²) in [6.45, 7) is 9.17. The first-order valence-corrected chi connectivity index (χ1v) is 14.7. The number of halogens is 6. The van der Waals surface area contributed by atoms with Crippen LogP contribution in [0.15, 0.2) is 54.7 Å². The first kappa shape index (κ1) is 34.9. The van der Waals surface area contributed by atoms with Crippen molar-refractivity contribution in [2.75, 3.05) is 44.9 Å². The van der Waals surface area contributed by atoms with Crippen molar-refractivity contribution >= 4 is 17.6 Å². The lowest BCUT2D eigenvalue weighted by atomic mass is 9.81. The standard InChI is InChI=1S/C33H37F6N4O3/c1-21-8-6-7-9-27(21)28-17-26(18-41-29(28)19-43(20-46-22(2)44)12-10-40-11-13-43)42(5)30(45)31(3,4)23-14-24(32(34,35)36)16-25(15-23)33(37,38)39/h6-9,14-18,40H,10-13,19-20H2,1-5H3/q+1. The van der Waals surface area contributed by atoms with Crippen molar-refractivity contribution in [2.24, 2.45) is 0 Å². The number of alkyl halides is 6. The van der Waals surface area contributed by atoms with Gasteiger partial charge in [-0.3, -0.25) is 19.1 Å². The summed E-state index contributed by atoms with van der Waals surface area (Å²) < 4.78 is 87.5. The number of hydrogen-bond donors (Lipinski definition) is 1. The molecule has 2 heterocycles. The fraction of sp³-hybridized carbons (Fsp3) is 0.424. The van der Waals surface area contributed by atoms with E-state index in [-0.39, 0.29) is 12.8 Å². The zero-order valence-corrected chi connectivity index (χ0v) is 26.3. The zero-order chi connectivity index (χ0) is 34.1. The van der Waals surface area contributed by atoms with Gasteiger partial charge < -0.3 is 15.0 Å². The number of pyridine rings is 1. The molecule has 0 saturated carbocycles. The van der Waals surface area contributed by atoms with Gasteiger partial charge in [0.1, 0.15) is 12.2 Å². The minimum absolute atomic E-state index is 0.0417. The average molecular weight is 652 g/mol. The predicted molar refractivity (Wildman–Crippen MR) is 160 cm³/mol. The fourth-order valence-corrected chi connectivity index (χ4v) is 5.62. The number of amides is 1. The Balaban J connectivity index is 1.77. The SMILES string of the molecule is CC(=O)OC[N+]1(Cc2ncc(N(C)C(=O)C(C)(C)c3cc(C(F)(F)F)cc(C(F)(F)F)c3)cc2-c2ccccc2C)CCNCC1. The molecule has 2 aromatic carbocycles. The molecular weight excluding hydrogens is 614 g/mol. The van der Waals surface area contributed by atoms with Crippen LogP contribution < -0.4 is 10.2 Å². The summed E-state index contributed by atoms with van der Waals surface area (Å²) in [7, 11) is 1.41. The van der Waals surface area contributed by atoms with E-state index in [4.69, 9.17) is 9.72 Å². The molecule has 1 N–H and O–H groups in total. The molecule has 1 aliphatic rings. The van der Waals surface area contributed by atoms with Gasteiger partial charge in [-0.25, -0.2) is 0 Å². The van der Waals surface area contributed by atoms with Crippen LogP contribution >= 0.6 is 0 Å². The molecule has 0 aliphatic carbocycles. The van der Waals surface area contributed by atoms with E-state index in [9.17, 15) is 35.9 Å². The third-order valence-electron chi connectivity index (χ3n) is 8.48. The lowest BCUT2D eigenvalue weighted by Crippen LogP contribution is -2.59. The van der Waals surface area contributed by atoms with Gasteiger partial charge in [-0.1, -0.05) is 24.3 Å². The molecule has 1 amide bonds. The van der Waals surface area contributed by atoms with Crippen LogP contribution in [0.3, 0.4) is 0 Å². The number of piperazine rings is 1. The largest absolute Gasteiger partial charge is 0.416 e. The van der Waals surface area contributed by atoms with E-state index in [1.165, 1.54) is 38.9 Å². The van der Waals surface area contributed by atoms with Crippen molar-refractivity contribution in [1.82, 2.24) is 10.3 Å². The quantitative estimate of drug-likeness (QED) is 0.172. The van der Waals surface area contributed by atoms with Crippen molar-refractivity contribution in [3.05, 3.63) is 82.7 Å². The normalized spacial score (nSPS) is 15.4. The molecule has 3 aromatic rings. The number of nitrogens with zero attached hydrogens (tertiary/aromatic N) is 3. The maximum atomic E-state index is 13.9. The summed E-state index contributed by atoms with van der Waals surface area (Å²) in [6, 6.07) is 10.5. The molecule has 1 saturated heterocycles. The second-order valence-corrected chi connectivity index (χ2v) is 12.2. The van der Waals surface area contributed by atoms with Gasteiger partial charge in [-0.2, -0.15) is 26.3 Å². The van der Waals surface area contributed by atoms with Gasteiger partial charge in [0, 0.05) is 32.6 Å².